The number of aliphatic hydroxyl groups excluding tert-OH is 3. The van der Waals surface area contributed by atoms with Gasteiger partial charge < -0.3 is 15.3 Å². The van der Waals surface area contributed by atoms with Crippen molar-refractivity contribution in [1.82, 2.24) is 0 Å². The van der Waals surface area contributed by atoms with E-state index in [4.69, 9.17) is 5.11 Å². The van der Waals surface area contributed by atoms with Crippen LogP contribution in [0.5, 0.6) is 0 Å². The molecule has 0 aromatic heterocycles. The summed E-state index contributed by atoms with van der Waals surface area (Å²) in [6.45, 7) is -0.0493. The Balaban J connectivity index is 2.02. The van der Waals surface area contributed by atoms with E-state index in [-0.39, 0.29) is 19.1 Å². The van der Waals surface area contributed by atoms with E-state index in [0.717, 1.165) is 64.2 Å². The number of aliphatic hydroxyl groups is 3. The summed E-state index contributed by atoms with van der Waals surface area (Å²) in [6.07, 6.45) is 10.7. The van der Waals surface area contributed by atoms with Crippen LogP contribution < -0.4 is 0 Å². The van der Waals surface area contributed by atoms with Gasteiger partial charge in [-0.05, 0) is 50.2 Å². The summed E-state index contributed by atoms with van der Waals surface area (Å²) in [4.78, 5) is 0.369. The molecule has 2 rings (SSSR count). The van der Waals surface area contributed by atoms with Gasteiger partial charge in [-0.3, -0.25) is 0 Å². The van der Waals surface area contributed by atoms with E-state index in [1.807, 2.05) is 6.07 Å². The molecule has 1 aliphatic carbocycles. The lowest BCUT2D eigenvalue weighted by Crippen LogP contribution is -2.46. The monoisotopic (exact) mass is 440 g/mol. The van der Waals surface area contributed by atoms with Gasteiger partial charge in [-0.15, -0.1) is 0 Å². The van der Waals surface area contributed by atoms with Crippen molar-refractivity contribution in [3.8, 4) is 0 Å². The highest BCUT2D eigenvalue weighted by Gasteiger charge is 2.48. The Morgan fingerprint density at radius 3 is 2.13 bits per heavy atom. The molecular weight excluding hydrogens is 400 g/mol. The molecule has 0 amide bonds. The molecule has 0 radical (unpaired) electrons. The molecule has 30 heavy (non-hydrogen) atoms. The normalized spacial score (nSPS) is 23.4. The van der Waals surface area contributed by atoms with E-state index >= 15 is 0 Å². The Hall–Kier alpha value is -0.950. The van der Waals surface area contributed by atoms with Crippen molar-refractivity contribution in [2.75, 3.05) is 13.2 Å². The molecule has 5 nitrogen and oxygen atoms in total. The van der Waals surface area contributed by atoms with Crippen molar-refractivity contribution in [1.29, 1.82) is 0 Å². The average molecular weight is 441 g/mol. The molecule has 0 aliphatic heterocycles. The first-order chi connectivity index (χ1) is 14.5. The summed E-state index contributed by atoms with van der Waals surface area (Å²) in [5.74, 6) is -0.172. The fourth-order valence-corrected chi connectivity index (χ4v) is 7.20. The van der Waals surface area contributed by atoms with E-state index in [1.54, 1.807) is 24.3 Å². The number of benzene rings is 1. The molecule has 0 spiro atoms. The van der Waals surface area contributed by atoms with Gasteiger partial charge in [0.05, 0.1) is 22.4 Å². The zero-order chi connectivity index (χ0) is 21.9. The molecule has 6 heteroatoms. The number of unbranched alkanes of at least 4 members (excludes halogenated alkanes) is 7. The number of hydrogen-bond donors (Lipinski definition) is 3. The Kier molecular flexibility index (Phi) is 10.8. The van der Waals surface area contributed by atoms with E-state index in [9.17, 15) is 18.6 Å². The van der Waals surface area contributed by atoms with Crippen LogP contribution in [-0.4, -0.2) is 47.8 Å². The Labute approximate surface area is 182 Å². The second kappa shape index (κ2) is 12.8. The molecule has 0 heterocycles. The SMILES string of the molecule is O=S(=O)(c1ccccc1)C1(CCCCCCCCCCO)CCCC(C(O)CO)C1. The van der Waals surface area contributed by atoms with Crippen LogP contribution in [0.3, 0.4) is 0 Å². The van der Waals surface area contributed by atoms with Crippen molar-refractivity contribution in [3.05, 3.63) is 30.3 Å². The van der Waals surface area contributed by atoms with Crippen molar-refractivity contribution in [3.63, 3.8) is 0 Å². The van der Waals surface area contributed by atoms with Crippen LogP contribution in [0.4, 0.5) is 0 Å². The molecule has 3 atom stereocenters. The first-order valence-electron chi connectivity index (χ1n) is 11.7. The van der Waals surface area contributed by atoms with Crippen LogP contribution in [0.1, 0.15) is 83.5 Å². The first-order valence-corrected chi connectivity index (χ1v) is 13.1. The summed E-state index contributed by atoms with van der Waals surface area (Å²) in [5, 5.41) is 28.5. The minimum absolute atomic E-state index is 0.172. The van der Waals surface area contributed by atoms with Gasteiger partial charge in [-0.1, -0.05) is 69.6 Å². The van der Waals surface area contributed by atoms with Gasteiger partial charge in [0.1, 0.15) is 0 Å². The fraction of sp³-hybridized carbons (Fsp3) is 0.750. The minimum Gasteiger partial charge on any atom is -0.396 e. The van der Waals surface area contributed by atoms with Crippen LogP contribution in [0.25, 0.3) is 0 Å². The maximum atomic E-state index is 13.7. The maximum absolute atomic E-state index is 13.7. The van der Waals surface area contributed by atoms with Crippen LogP contribution in [0, 0.1) is 5.92 Å². The number of rotatable bonds is 14. The molecule has 0 bridgehead atoms. The third-order valence-corrected chi connectivity index (χ3v) is 9.34. The lowest BCUT2D eigenvalue weighted by Gasteiger charge is -2.41. The molecule has 1 aromatic rings. The van der Waals surface area contributed by atoms with Crippen molar-refractivity contribution in [2.24, 2.45) is 5.92 Å². The number of hydrogen-bond acceptors (Lipinski definition) is 5. The zero-order valence-corrected chi connectivity index (χ0v) is 19.0. The topological polar surface area (TPSA) is 94.8 Å². The first kappa shape index (κ1) is 25.3. The highest BCUT2D eigenvalue weighted by Crippen LogP contribution is 2.45. The van der Waals surface area contributed by atoms with Crippen molar-refractivity contribution in [2.45, 2.75) is 99.2 Å². The van der Waals surface area contributed by atoms with Gasteiger partial charge in [0, 0.05) is 6.61 Å². The molecule has 1 aliphatic rings. The smallest absolute Gasteiger partial charge is 0.184 e. The zero-order valence-electron chi connectivity index (χ0n) is 18.2. The van der Waals surface area contributed by atoms with E-state index in [2.05, 4.69) is 0 Å². The lowest BCUT2D eigenvalue weighted by molar-refractivity contribution is 0.0247. The molecule has 0 saturated heterocycles. The molecule has 1 saturated carbocycles. The van der Waals surface area contributed by atoms with Gasteiger partial charge in [0.25, 0.3) is 0 Å². The Bertz CT molecular complexity index is 691. The molecule has 1 fully saturated rings. The third-order valence-electron chi connectivity index (χ3n) is 6.74. The van der Waals surface area contributed by atoms with Crippen LogP contribution in [0.15, 0.2) is 35.2 Å². The van der Waals surface area contributed by atoms with E-state index in [0.29, 0.717) is 24.2 Å². The molecule has 3 unspecified atom stereocenters. The largest absolute Gasteiger partial charge is 0.396 e. The molecule has 172 valence electrons. The Morgan fingerprint density at radius 2 is 1.53 bits per heavy atom. The summed E-state index contributed by atoms with van der Waals surface area (Å²) in [7, 11) is -3.52. The quantitative estimate of drug-likeness (QED) is 0.376. The Morgan fingerprint density at radius 1 is 0.933 bits per heavy atom. The predicted molar refractivity (Wildman–Crippen MR) is 120 cm³/mol. The molecule has 1 aromatic carbocycles. The minimum atomic E-state index is -3.52. The van der Waals surface area contributed by atoms with Gasteiger partial charge in [0.2, 0.25) is 0 Å². The molecule has 3 N–H and O–H groups in total. The summed E-state index contributed by atoms with van der Waals surface area (Å²) < 4.78 is 26.5. The second-order valence-electron chi connectivity index (χ2n) is 8.91. The van der Waals surface area contributed by atoms with Crippen LogP contribution in [0.2, 0.25) is 0 Å². The lowest BCUT2D eigenvalue weighted by atomic mass is 9.76. The standard InChI is InChI=1S/C24H40O5S/c25-18-11-6-4-2-1-3-5-10-16-24(17-12-13-21(19-24)23(27)20-26)30(28,29)22-14-8-7-9-15-22/h7-9,14-15,21,23,25-27H,1-6,10-13,16-20H2. The van der Waals surface area contributed by atoms with E-state index < -0.39 is 20.7 Å². The highest BCUT2D eigenvalue weighted by atomic mass is 32.2. The van der Waals surface area contributed by atoms with Gasteiger partial charge in [-0.25, -0.2) is 8.42 Å². The van der Waals surface area contributed by atoms with Crippen molar-refractivity contribution < 1.29 is 23.7 Å². The summed E-state index contributed by atoms with van der Waals surface area (Å²) in [5.41, 5.74) is 0. The van der Waals surface area contributed by atoms with Crippen molar-refractivity contribution >= 4 is 9.84 Å². The molecular formula is C24H40O5S. The van der Waals surface area contributed by atoms with Gasteiger partial charge in [-0.2, -0.15) is 0 Å². The third kappa shape index (κ3) is 6.78. The second-order valence-corrected chi connectivity index (χ2v) is 11.3. The summed E-state index contributed by atoms with van der Waals surface area (Å²) >= 11 is 0. The summed E-state index contributed by atoms with van der Waals surface area (Å²) in [6, 6.07) is 8.71. The van der Waals surface area contributed by atoms with E-state index in [1.165, 1.54) is 0 Å². The van der Waals surface area contributed by atoms with Crippen LogP contribution in [-0.2, 0) is 9.84 Å². The van der Waals surface area contributed by atoms with Crippen LogP contribution >= 0.6 is 0 Å². The fourth-order valence-electron chi connectivity index (χ4n) is 4.92. The maximum Gasteiger partial charge on any atom is 0.184 e. The number of sulfone groups is 1. The van der Waals surface area contributed by atoms with Gasteiger partial charge >= 0.3 is 0 Å². The highest BCUT2D eigenvalue weighted by molar-refractivity contribution is 7.92. The van der Waals surface area contributed by atoms with Gasteiger partial charge in [0.15, 0.2) is 9.84 Å². The predicted octanol–water partition coefficient (Wildman–Crippen LogP) is 4.25. The average Bonchev–Trinajstić information content (AvgIpc) is 2.78.